The summed E-state index contributed by atoms with van der Waals surface area (Å²) in [6, 6.07) is 9.90. The predicted molar refractivity (Wildman–Crippen MR) is 76.6 cm³/mol. The third-order valence-corrected chi connectivity index (χ3v) is 3.21. The SMILES string of the molecule is CC(CN(C)CCN(C)C)C(O)c1ccccc1. The summed E-state index contributed by atoms with van der Waals surface area (Å²) in [5, 5.41) is 10.3. The molecule has 102 valence electrons. The van der Waals surface area contributed by atoms with Crippen molar-refractivity contribution in [2.45, 2.75) is 13.0 Å². The largest absolute Gasteiger partial charge is 0.388 e. The van der Waals surface area contributed by atoms with Gasteiger partial charge in [0.05, 0.1) is 6.10 Å². The van der Waals surface area contributed by atoms with E-state index in [1.54, 1.807) is 0 Å². The quantitative estimate of drug-likeness (QED) is 0.800. The second-order valence-electron chi connectivity index (χ2n) is 5.40. The first kappa shape index (κ1) is 15.2. The van der Waals surface area contributed by atoms with Crippen molar-refractivity contribution in [2.24, 2.45) is 5.92 Å². The van der Waals surface area contributed by atoms with Gasteiger partial charge in [-0.3, -0.25) is 0 Å². The minimum absolute atomic E-state index is 0.236. The van der Waals surface area contributed by atoms with Crippen LogP contribution in [-0.2, 0) is 0 Å². The van der Waals surface area contributed by atoms with Gasteiger partial charge in [0.2, 0.25) is 0 Å². The maximum absolute atomic E-state index is 10.3. The molecule has 3 heteroatoms. The van der Waals surface area contributed by atoms with Crippen LogP contribution in [0.5, 0.6) is 0 Å². The van der Waals surface area contributed by atoms with Crippen molar-refractivity contribution in [3.63, 3.8) is 0 Å². The van der Waals surface area contributed by atoms with Crippen LogP contribution < -0.4 is 0 Å². The molecule has 0 bridgehead atoms. The monoisotopic (exact) mass is 250 g/mol. The van der Waals surface area contributed by atoms with Crippen LogP contribution in [0.25, 0.3) is 0 Å². The molecule has 3 nitrogen and oxygen atoms in total. The number of aliphatic hydroxyl groups is 1. The van der Waals surface area contributed by atoms with Crippen LogP contribution in [-0.4, -0.2) is 55.7 Å². The number of benzene rings is 1. The summed E-state index contributed by atoms with van der Waals surface area (Å²) in [4.78, 5) is 4.45. The number of nitrogens with zero attached hydrogens (tertiary/aromatic N) is 2. The van der Waals surface area contributed by atoms with Gasteiger partial charge in [-0.05, 0) is 32.6 Å². The normalized spacial score (nSPS) is 15.1. The van der Waals surface area contributed by atoms with Gasteiger partial charge in [0, 0.05) is 19.6 Å². The van der Waals surface area contributed by atoms with E-state index >= 15 is 0 Å². The van der Waals surface area contributed by atoms with Crippen molar-refractivity contribution in [3.8, 4) is 0 Å². The lowest BCUT2D eigenvalue weighted by atomic mass is 9.97. The van der Waals surface area contributed by atoms with Crippen molar-refractivity contribution in [1.82, 2.24) is 9.80 Å². The van der Waals surface area contributed by atoms with Crippen LogP contribution in [0.2, 0.25) is 0 Å². The summed E-state index contributed by atoms with van der Waals surface area (Å²) in [6.07, 6.45) is -0.381. The Morgan fingerprint density at radius 1 is 1.06 bits per heavy atom. The lowest BCUT2D eigenvalue weighted by Crippen LogP contribution is -2.33. The summed E-state index contributed by atoms with van der Waals surface area (Å²) in [5.41, 5.74) is 1.01. The van der Waals surface area contributed by atoms with Gasteiger partial charge in [0.25, 0.3) is 0 Å². The Morgan fingerprint density at radius 3 is 2.22 bits per heavy atom. The fourth-order valence-corrected chi connectivity index (χ4v) is 2.03. The highest BCUT2D eigenvalue weighted by atomic mass is 16.3. The molecule has 1 rings (SSSR count). The first-order valence-corrected chi connectivity index (χ1v) is 6.57. The number of hydrogen-bond acceptors (Lipinski definition) is 3. The van der Waals surface area contributed by atoms with Gasteiger partial charge in [-0.2, -0.15) is 0 Å². The van der Waals surface area contributed by atoms with Gasteiger partial charge in [-0.25, -0.2) is 0 Å². The van der Waals surface area contributed by atoms with Crippen LogP contribution in [0.3, 0.4) is 0 Å². The maximum Gasteiger partial charge on any atom is 0.0827 e. The molecular weight excluding hydrogens is 224 g/mol. The highest BCUT2D eigenvalue weighted by molar-refractivity contribution is 5.17. The molecule has 0 aliphatic carbocycles. The van der Waals surface area contributed by atoms with E-state index in [2.05, 4.69) is 37.9 Å². The predicted octanol–water partition coefficient (Wildman–Crippen LogP) is 1.85. The average Bonchev–Trinajstić information content (AvgIpc) is 2.36. The summed E-state index contributed by atoms with van der Waals surface area (Å²) >= 11 is 0. The molecule has 0 aliphatic rings. The van der Waals surface area contributed by atoms with Gasteiger partial charge in [-0.15, -0.1) is 0 Å². The molecule has 0 radical (unpaired) electrons. The smallest absolute Gasteiger partial charge is 0.0827 e. The van der Waals surface area contributed by atoms with E-state index in [0.29, 0.717) is 0 Å². The lowest BCUT2D eigenvalue weighted by molar-refractivity contribution is 0.0933. The van der Waals surface area contributed by atoms with Crippen LogP contribution in [0, 0.1) is 5.92 Å². The van der Waals surface area contributed by atoms with Gasteiger partial charge in [-0.1, -0.05) is 37.3 Å². The van der Waals surface area contributed by atoms with Crippen LogP contribution in [0.15, 0.2) is 30.3 Å². The Morgan fingerprint density at radius 2 is 1.67 bits per heavy atom. The summed E-state index contributed by atoms with van der Waals surface area (Å²) < 4.78 is 0. The van der Waals surface area contributed by atoms with Crippen molar-refractivity contribution in [2.75, 3.05) is 40.8 Å². The molecule has 1 N–H and O–H groups in total. The van der Waals surface area contributed by atoms with Crippen LogP contribution in [0.4, 0.5) is 0 Å². The third-order valence-electron chi connectivity index (χ3n) is 3.21. The van der Waals surface area contributed by atoms with Gasteiger partial charge < -0.3 is 14.9 Å². The molecular formula is C15H26N2O. The fraction of sp³-hybridized carbons (Fsp3) is 0.600. The highest BCUT2D eigenvalue weighted by Gasteiger charge is 2.17. The lowest BCUT2D eigenvalue weighted by Gasteiger charge is -2.26. The fourth-order valence-electron chi connectivity index (χ4n) is 2.03. The zero-order chi connectivity index (χ0) is 13.5. The van der Waals surface area contributed by atoms with Crippen molar-refractivity contribution >= 4 is 0 Å². The standard InChI is InChI=1S/C15H26N2O/c1-13(12-17(4)11-10-16(2)3)15(18)14-8-6-5-7-9-14/h5-9,13,15,18H,10-12H2,1-4H3. The number of rotatable bonds is 7. The van der Waals surface area contributed by atoms with Crippen molar-refractivity contribution in [3.05, 3.63) is 35.9 Å². The Balaban J connectivity index is 2.42. The Hall–Kier alpha value is -0.900. The molecule has 2 unspecified atom stereocenters. The van der Waals surface area contributed by atoms with E-state index in [1.807, 2.05) is 30.3 Å². The number of likely N-dealkylation sites (N-methyl/N-ethyl adjacent to an activating group) is 2. The zero-order valence-electron chi connectivity index (χ0n) is 12.0. The second-order valence-corrected chi connectivity index (χ2v) is 5.40. The molecule has 0 heterocycles. The molecule has 2 atom stereocenters. The molecule has 0 amide bonds. The minimum Gasteiger partial charge on any atom is -0.388 e. The molecule has 0 aliphatic heterocycles. The molecule has 0 saturated heterocycles. The molecule has 1 aromatic rings. The summed E-state index contributed by atoms with van der Waals surface area (Å²) in [7, 11) is 6.27. The third kappa shape index (κ3) is 5.17. The van der Waals surface area contributed by atoms with E-state index in [-0.39, 0.29) is 12.0 Å². The van der Waals surface area contributed by atoms with Gasteiger partial charge >= 0.3 is 0 Å². The number of aliphatic hydroxyl groups excluding tert-OH is 1. The topological polar surface area (TPSA) is 26.7 Å². The van der Waals surface area contributed by atoms with E-state index < -0.39 is 0 Å². The van der Waals surface area contributed by atoms with E-state index in [1.165, 1.54) is 0 Å². The Labute approximate surface area is 111 Å². The molecule has 0 fully saturated rings. The minimum atomic E-state index is -0.381. The first-order chi connectivity index (χ1) is 8.50. The van der Waals surface area contributed by atoms with Gasteiger partial charge in [0.1, 0.15) is 0 Å². The molecule has 0 spiro atoms. The maximum atomic E-state index is 10.3. The van der Waals surface area contributed by atoms with E-state index in [4.69, 9.17) is 0 Å². The van der Waals surface area contributed by atoms with Crippen LogP contribution >= 0.6 is 0 Å². The molecule has 0 saturated carbocycles. The van der Waals surface area contributed by atoms with E-state index in [9.17, 15) is 5.11 Å². The molecule has 1 aromatic carbocycles. The van der Waals surface area contributed by atoms with Crippen molar-refractivity contribution < 1.29 is 5.11 Å². The average molecular weight is 250 g/mol. The Kier molecular flexibility index (Phi) is 6.33. The Bertz CT molecular complexity index is 327. The second kappa shape index (κ2) is 7.52. The first-order valence-electron chi connectivity index (χ1n) is 6.57. The molecule has 0 aromatic heterocycles. The van der Waals surface area contributed by atoms with Crippen molar-refractivity contribution in [1.29, 1.82) is 0 Å². The number of hydrogen-bond donors (Lipinski definition) is 1. The van der Waals surface area contributed by atoms with Crippen LogP contribution in [0.1, 0.15) is 18.6 Å². The summed E-state index contributed by atoms with van der Waals surface area (Å²) in [6.45, 7) is 5.08. The molecule has 18 heavy (non-hydrogen) atoms. The summed E-state index contributed by atoms with van der Waals surface area (Å²) in [5.74, 6) is 0.236. The zero-order valence-corrected chi connectivity index (χ0v) is 12.0. The van der Waals surface area contributed by atoms with Gasteiger partial charge in [0.15, 0.2) is 0 Å². The van der Waals surface area contributed by atoms with E-state index in [0.717, 1.165) is 25.2 Å². The highest BCUT2D eigenvalue weighted by Crippen LogP contribution is 2.21.